The Morgan fingerprint density at radius 2 is 0.882 bits per heavy atom. The third-order valence-corrected chi connectivity index (χ3v) is 11.0. The molecule has 1 aliphatic carbocycles. The molecule has 0 saturated carbocycles. The Bertz CT molecular complexity index is 2630. The average molecular weight is 650 g/mol. The quantitative estimate of drug-likeness (QED) is 0.158. The molecule has 8 aromatic carbocycles. The van der Waals surface area contributed by atoms with E-state index in [1.54, 1.807) is 0 Å². The zero-order valence-electron chi connectivity index (χ0n) is 28.2. The highest BCUT2D eigenvalue weighted by molar-refractivity contribution is 6.09. The third-order valence-electron chi connectivity index (χ3n) is 11.0. The van der Waals surface area contributed by atoms with Crippen LogP contribution in [-0.2, 0) is 5.41 Å². The summed E-state index contributed by atoms with van der Waals surface area (Å²) in [5.74, 6) is 0.0242. The summed E-state index contributed by atoms with van der Waals surface area (Å²) in [5.41, 5.74) is 14.8. The van der Waals surface area contributed by atoms with Crippen LogP contribution in [0.5, 0.6) is 0 Å². The molecule has 0 aliphatic heterocycles. The maximum Gasteiger partial charge on any atom is 0.0713 e. The van der Waals surface area contributed by atoms with Gasteiger partial charge in [0.15, 0.2) is 0 Å². The lowest BCUT2D eigenvalue weighted by Crippen LogP contribution is -2.28. The topological polar surface area (TPSA) is 4.93 Å². The number of rotatable bonds is 6. The molecule has 1 heteroatoms. The second-order valence-corrected chi connectivity index (χ2v) is 13.6. The van der Waals surface area contributed by atoms with Gasteiger partial charge in [-0.25, -0.2) is 0 Å². The van der Waals surface area contributed by atoms with E-state index in [-0.39, 0.29) is 5.92 Å². The molecule has 0 spiro atoms. The van der Waals surface area contributed by atoms with Gasteiger partial charge < -0.3 is 4.57 Å². The second kappa shape index (κ2) is 11.9. The van der Waals surface area contributed by atoms with Crippen molar-refractivity contribution >= 4 is 21.8 Å². The van der Waals surface area contributed by atoms with Gasteiger partial charge in [-0.2, -0.15) is 0 Å². The minimum atomic E-state index is -0.449. The number of benzene rings is 8. The molecule has 1 aliphatic rings. The van der Waals surface area contributed by atoms with E-state index in [9.17, 15) is 0 Å². The van der Waals surface area contributed by atoms with Gasteiger partial charge in [0.1, 0.15) is 0 Å². The van der Waals surface area contributed by atoms with Crippen molar-refractivity contribution < 1.29 is 0 Å². The zero-order valence-corrected chi connectivity index (χ0v) is 28.2. The van der Waals surface area contributed by atoms with Gasteiger partial charge >= 0.3 is 0 Å². The minimum Gasteiger partial charge on any atom is -0.309 e. The van der Waals surface area contributed by atoms with Crippen molar-refractivity contribution in [2.45, 2.75) is 11.3 Å². The van der Waals surface area contributed by atoms with Crippen molar-refractivity contribution in [1.29, 1.82) is 0 Å². The fraction of sp³-hybridized carbons (Fsp3) is 0.0400. The molecular formula is C50H35N. The minimum absolute atomic E-state index is 0.0242. The second-order valence-electron chi connectivity index (χ2n) is 13.6. The molecule has 10 rings (SSSR count). The molecule has 51 heavy (non-hydrogen) atoms. The Morgan fingerprint density at radius 1 is 0.353 bits per heavy atom. The number of hydrogen-bond acceptors (Lipinski definition) is 0. The maximum atomic E-state index is 2.52. The van der Waals surface area contributed by atoms with Crippen LogP contribution in [0.3, 0.4) is 0 Å². The highest BCUT2D eigenvalue weighted by Crippen LogP contribution is 2.56. The zero-order chi connectivity index (χ0) is 33.8. The summed E-state index contributed by atoms with van der Waals surface area (Å²) in [5, 5.41) is 2.53. The Kier molecular flexibility index (Phi) is 6.85. The van der Waals surface area contributed by atoms with E-state index in [1.807, 2.05) is 0 Å². The lowest BCUT2D eigenvalue weighted by Gasteiger charge is -2.34. The largest absolute Gasteiger partial charge is 0.309 e. The van der Waals surface area contributed by atoms with Crippen LogP contribution < -0.4 is 0 Å². The molecule has 1 heterocycles. The molecule has 1 unspecified atom stereocenters. The summed E-state index contributed by atoms with van der Waals surface area (Å²) in [6.07, 6.45) is 0. The summed E-state index contributed by atoms with van der Waals surface area (Å²) in [6.45, 7) is 0. The summed E-state index contributed by atoms with van der Waals surface area (Å²) < 4.78 is 2.42. The van der Waals surface area contributed by atoms with Crippen molar-refractivity contribution in [2.75, 3.05) is 0 Å². The van der Waals surface area contributed by atoms with E-state index in [2.05, 4.69) is 211 Å². The van der Waals surface area contributed by atoms with Crippen LogP contribution in [0.2, 0.25) is 0 Å². The van der Waals surface area contributed by atoms with Crippen LogP contribution in [0, 0.1) is 0 Å². The Balaban J connectivity index is 1.25. The molecule has 1 atom stereocenters. The lowest BCUT2D eigenvalue weighted by atomic mass is 9.67. The van der Waals surface area contributed by atoms with Gasteiger partial charge in [0, 0.05) is 22.4 Å². The number of para-hydroxylation sites is 2. The monoisotopic (exact) mass is 649 g/mol. The predicted octanol–water partition coefficient (Wildman–Crippen LogP) is 12.3. The summed E-state index contributed by atoms with van der Waals surface area (Å²) >= 11 is 0. The summed E-state index contributed by atoms with van der Waals surface area (Å²) in [6, 6.07) is 76.1. The molecule has 9 aromatic rings. The molecule has 1 nitrogen and oxygen atoms in total. The first-order valence-electron chi connectivity index (χ1n) is 17.8. The van der Waals surface area contributed by atoms with Crippen LogP contribution in [0.4, 0.5) is 0 Å². The van der Waals surface area contributed by atoms with Crippen molar-refractivity contribution in [3.8, 4) is 16.8 Å². The Hall–Kier alpha value is -6.44. The molecule has 0 saturated heterocycles. The smallest absolute Gasteiger partial charge is 0.0713 e. The SMILES string of the molecule is c1ccc(C(c2ccc3c(c2)C(c2ccccc2)(c2ccccc2)c2ccccc2-3)c2ccc3c4ccccc4n(-c4ccccc4)c3c2)cc1. The molecule has 0 N–H and O–H groups in total. The van der Waals surface area contributed by atoms with Crippen LogP contribution in [-0.4, -0.2) is 4.57 Å². The lowest BCUT2D eigenvalue weighted by molar-refractivity contribution is 0.765. The van der Waals surface area contributed by atoms with Gasteiger partial charge in [-0.3, -0.25) is 0 Å². The van der Waals surface area contributed by atoms with Gasteiger partial charge in [-0.1, -0.05) is 182 Å². The van der Waals surface area contributed by atoms with Crippen LogP contribution in [0.1, 0.15) is 44.9 Å². The Labute approximate surface area is 298 Å². The van der Waals surface area contributed by atoms with Crippen molar-refractivity contribution in [3.63, 3.8) is 0 Å². The van der Waals surface area contributed by atoms with Gasteiger partial charge in [0.05, 0.1) is 16.4 Å². The van der Waals surface area contributed by atoms with Gasteiger partial charge in [-0.05, 0) is 74.3 Å². The van der Waals surface area contributed by atoms with Gasteiger partial charge in [0.25, 0.3) is 0 Å². The van der Waals surface area contributed by atoms with E-state index in [0.717, 1.165) is 0 Å². The molecule has 0 radical (unpaired) electrons. The number of nitrogens with zero attached hydrogens (tertiary/aromatic N) is 1. The van der Waals surface area contributed by atoms with E-state index in [1.165, 1.54) is 77.6 Å². The standard InChI is InChI=1S/C50H35N/c1-5-17-35(18-6-1)49(37-30-32-44-43-26-14-16-28-47(43)51(48(44)34-37)40-23-11-4-12-24-40)36-29-31-42-41-25-13-15-27-45(41)50(46(42)33-36,38-19-7-2-8-20-38)39-21-9-3-10-22-39/h1-34,49H. The van der Waals surface area contributed by atoms with Crippen LogP contribution in [0.25, 0.3) is 38.6 Å². The van der Waals surface area contributed by atoms with Crippen molar-refractivity contribution in [3.05, 3.63) is 245 Å². The van der Waals surface area contributed by atoms with Gasteiger partial charge in [-0.15, -0.1) is 0 Å². The van der Waals surface area contributed by atoms with E-state index >= 15 is 0 Å². The van der Waals surface area contributed by atoms with Crippen LogP contribution in [0.15, 0.2) is 206 Å². The van der Waals surface area contributed by atoms with Crippen molar-refractivity contribution in [1.82, 2.24) is 4.57 Å². The Morgan fingerprint density at radius 3 is 1.61 bits per heavy atom. The summed E-state index contributed by atoms with van der Waals surface area (Å²) in [7, 11) is 0. The predicted molar refractivity (Wildman–Crippen MR) is 212 cm³/mol. The molecular weight excluding hydrogens is 615 g/mol. The summed E-state index contributed by atoms with van der Waals surface area (Å²) in [4.78, 5) is 0. The van der Waals surface area contributed by atoms with E-state index < -0.39 is 5.41 Å². The highest BCUT2D eigenvalue weighted by atomic mass is 15.0. The maximum absolute atomic E-state index is 2.52. The first-order valence-corrected chi connectivity index (χ1v) is 17.8. The third kappa shape index (κ3) is 4.48. The van der Waals surface area contributed by atoms with Gasteiger partial charge in [0.2, 0.25) is 0 Å². The first kappa shape index (κ1) is 29.5. The van der Waals surface area contributed by atoms with E-state index in [4.69, 9.17) is 0 Å². The average Bonchev–Trinajstić information content (AvgIpc) is 3.70. The normalized spacial score (nSPS) is 13.6. The fourth-order valence-corrected chi connectivity index (χ4v) is 8.89. The van der Waals surface area contributed by atoms with E-state index in [0.29, 0.717) is 0 Å². The number of fused-ring (bicyclic) bond motifs is 6. The molecule has 0 fully saturated rings. The number of hydrogen-bond donors (Lipinski definition) is 0. The molecule has 0 amide bonds. The molecule has 1 aromatic heterocycles. The van der Waals surface area contributed by atoms with Crippen LogP contribution >= 0.6 is 0 Å². The molecule has 0 bridgehead atoms. The number of aromatic nitrogens is 1. The first-order chi connectivity index (χ1) is 25.3. The molecule has 240 valence electrons. The highest BCUT2D eigenvalue weighted by Gasteiger charge is 2.46. The fourth-order valence-electron chi connectivity index (χ4n) is 8.89. The van der Waals surface area contributed by atoms with Crippen molar-refractivity contribution in [2.24, 2.45) is 0 Å².